The lowest BCUT2D eigenvalue weighted by molar-refractivity contribution is -0.134. The normalized spacial score (nSPS) is 15.6. The summed E-state index contributed by atoms with van der Waals surface area (Å²) in [6, 6.07) is 10.1. The molecule has 0 unspecified atom stereocenters. The second kappa shape index (κ2) is 8.01. The molecule has 27 heavy (non-hydrogen) atoms. The zero-order valence-corrected chi connectivity index (χ0v) is 15.2. The molecular formula is C18H18F2N2O4S. The Morgan fingerprint density at radius 1 is 0.963 bits per heavy atom. The summed E-state index contributed by atoms with van der Waals surface area (Å²) in [6.45, 7) is 0.421. The van der Waals surface area contributed by atoms with Crippen LogP contribution in [0.5, 0.6) is 5.75 Å². The molecule has 6 nitrogen and oxygen atoms in total. The summed E-state index contributed by atoms with van der Waals surface area (Å²) in [5.74, 6) is -0.939. The summed E-state index contributed by atoms with van der Waals surface area (Å²) in [6.07, 6.45) is 0. The lowest BCUT2D eigenvalue weighted by Crippen LogP contribution is -2.51. The molecule has 0 bridgehead atoms. The average Bonchev–Trinajstić information content (AvgIpc) is 2.67. The second-order valence-corrected chi connectivity index (χ2v) is 7.92. The van der Waals surface area contributed by atoms with Crippen LogP contribution < -0.4 is 4.74 Å². The number of carbonyl (C=O) groups excluding carboxylic acids is 1. The van der Waals surface area contributed by atoms with E-state index >= 15 is 0 Å². The topological polar surface area (TPSA) is 66.9 Å². The number of hydrogen-bond acceptors (Lipinski definition) is 4. The first-order valence-corrected chi connectivity index (χ1v) is 9.72. The minimum atomic E-state index is -3.80. The molecule has 1 aliphatic rings. The summed E-state index contributed by atoms with van der Waals surface area (Å²) < 4.78 is 57.8. The van der Waals surface area contributed by atoms with E-state index in [1.165, 1.54) is 51.7 Å². The van der Waals surface area contributed by atoms with Gasteiger partial charge in [0.05, 0.1) is 4.90 Å². The highest BCUT2D eigenvalue weighted by Crippen LogP contribution is 2.19. The van der Waals surface area contributed by atoms with Crippen LogP contribution in [0.25, 0.3) is 0 Å². The third-order valence-corrected chi connectivity index (χ3v) is 6.10. The number of carbonyl (C=O) groups is 1. The number of hydrogen-bond donors (Lipinski definition) is 0. The molecule has 3 rings (SSSR count). The SMILES string of the molecule is O=C(COc1ccc(F)cc1)N1CCN(S(=O)(=O)c2cccc(F)c2)CC1. The molecule has 1 aliphatic heterocycles. The zero-order chi connectivity index (χ0) is 19.4. The number of piperazine rings is 1. The van der Waals surface area contributed by atoms with Crippen LogP contribution in [0, 0.1) is 11.6 Å². The summed E-state index contributed by atoms with van der Waals surface area (Å²) >= 11 is 0. The summed E-state index contributed by atoms with van der Waals surface area (Å²) in [7, 11) is -3.80. The molecule has 144 valence electrons. The van der Waals surface area contributed by atoms with Gasteiger partial charge < -0.3 is 9.64 Å². The van der Waals surface area contributed by atoms with Gasteiger partial charge in [-0.05, 0) is 42.5 Å². The Labute approximate surface area is 156 Å². The van der Waals surface area contributed by atoms with Crippen LogP contribution in [0.1, 0.15) is 0 Å². The Balaban J connectivity index is 1.55. The maximum absolute atomic E-state index is 13.3. The fourth-order valence-electron chi connectivity index (χ4n) is 2.72. The third-order valence-electron chi connectivity index (χ3n) is 4.20. The van der Waals surface area contributed by atoms with Gasteiger partial charge in [0, 0.05) is 26.2 Å². The molecule has 2 aromatic rings. The molecule has 0 atom stereocenters. The molecule has 1 saturated heterocycles. The van der Waals surface area contributed by atoms with Gasteiger partial charge in [-0.3, -0.25) is 4.79 Å². The van der Waals surface area contributed by atoms with E-state index in [1.54, 1.807) is 0 Å². The van der Waals surface area contributed by atoms with Crippen LogP contribution >= 0.6 is 0 Å². The van der Waals surface area contributed by atoms with Crippen molar-refractivity contribution < 1.29 is 26.7 Å². The number of ether oxygens (including phenoxy) is 1. The quantitative estimate of drug-likeness (QED) is 0.774. The fraction of sp³-hybridized carbons (Fsp3) is 0.278. The van der Waals surface area contributed by atoms with Gasteiger partial charge in [-0.2, -0.15) is 4.31 Å². The van der Waals surface area contributed by atoms with Gasteiger partial charge in [-0.1, -0.05) is 6.07 Å². The number of rotatable bonds is 5. The highest BCUT2D eigenvalue weighted by Gasteiger charge is 2.30. The highest BCUT2D eigenvalue weighted by atomic mass is 32.2. The van der Waals surface area contributed by atoms with E-state index in [2.05, 4.69) is 0 Å². The molecule has 0 N–H and O–H groups in total. The van der Waals surface area contributed by atoms with E-state index in [0.29, 0.717) is 5.75 Å². The summed E-state index contributed by atoms with van der Waals surface area (Å²) in [4.78, 5) is 13.6. The van der Waals surface area contributed by atoms with Gasteiger partial charge in [-0.25, -0.2) is 17.2 Å². The van der Waals surface area contributed by atoms with Crippen molar-refractivity contribution in [1.82, 2.24) is 9.21 Å². The van der Waals surface area contributed by atoms with Crippen LogP contribution in [0.15, 0.2) is 53.4 Å². The zero-order valence-electron chi connectivity index (χ0n) is 14.3. The summed E-state index contributed by atoms with van der Waals surface area (Å²) in [5.41, 5.74) is 0. The van der Waals surface area contributed by atoms with Crippen LogP contribution in [0.4, 0.5) is 8.78 Å². The molecule has 0 radical (unpaired) electrons. The molecule has 0 spiro atoms. The van der Waals surface area contributed by atoms with Crippen molar-refractivity contribution in [3.05, 3.63) is 60.2 Å². The smallest absolute Gasteiger partial charge is 0.260 e. The minimum Gasteiger partial charge on any atom is -0.484 e. The second-order valence-electron chi connectivity index (χ2n) is 5.98. The van der Waals surface area contributed by atoms with Crippen molar-refractivity contribution in [3.8, 4) is 5.75 Å². The van der Waals surface area contributed by atoms with Gasteiger partial charge in [0.2, 0.25) is 10.0 Å². The number of halogens is 2. The Morgan fingerprint density at radius 2 is 1.63 bits per heavy atom. The van der Waals surface area contributed by atoms with Crippen molar-refractivity contribution in [2.75, 3.05) is 32.8 Å². The van der Waals surface area contributed by atoms with Crippen LogP contribution in [0.2, 0.25) is 0 Å². The van der Waals surface area contributed by atoms with Crippen molar-refractivity contribution in [2.45, 2.75) is 4.90 Å². The predicted octanol–water partition coefficient (Wildman–Crippen LogP) is 1.88. The van der Waals surface area contributed by atoms with Crippen molar-refractivity contribution >= 4 is 15.9 Å². The van der Waals surface area contributed by atoms with Crippen LogP contribution in [0.3, 0.4) is 0 Å². The Morgan fingerprint density at radius 3 is 2.26 bits per heavy atom. The largest absolute Gasteiger partial charge is 0.484 e. The van der Waals surface area contributed by atoms with E-state index in [4.69, 9.17) is 4.74 Å². The standard InChI is InChI=1S/C18H18F2N2O4S/c19-14-4-6-16(7-5-14)26-13-18(23)21-8-10-22(11-9-21)27(24,25)17-3-1-2-15(20)12-17/h1-7,12H,8-11,13H2. The Kier molecular flexibility index (Phi) is 5.71. The Hall–Kier alpha value is -2.52. The average molecular weight is 396 g/mol. The van der Waals surface area contributed by atoms with Crippen LogP contribution in [-0.2, 0) is 14.8 Å². The van der Waals surface area contributed by atoms with Gasteiger partial charge >= 0.3 is 0 Å². The summed E-state index contributed by atoms with van der Waals surface area (Å²) in [5, 5.41) is 0. The molecule has 9 heteroatoms. The van der Waals surface area contributed by atoms with Crippen molar-refractivity contribution in [1.29, 1.82) is 0 Å². The first-order chi connectivity index (χ1) is 12.9. The molecule has 0 aliphatic carbocycles. The maximum Gasteiger partial charge on any atom is 0.260 e. The molecule has 1 fully saturated rings. The molecule has 1 heterocycles. The van der Waals surface area contributed by atoms with E-state index in [9.17, 15) is 22.0 Å². The van der Waals surface area contributed by atoms with E-state index in [-0.39, 0.29) is 43.6 Å². The lowest BCUT2D eigenvalue weighted by Gasteiger charge is -2.34. The van der Waals surface area contributed by atoms with Crippen molar-refractivity contribution in [2.24, 2.45) is 0 Å². The monoisotopic (exact) mass is 396 g/mol. The van der Waals surface area contributed by atoms with Gasteiger partial charge in [-0.15, -0.1) is 0 Å². The lowest BCUT2D eigenvalue weighted by atomic mass is 10.3. The van der Waals surface area contributed by atoms with Crippen molar-refractivity contribution in [3.63, 3.8) is 0 Å². The van der Waals surface area contributed by atoms with Gasteiger partial charge in [0.25, 0.3) is 5.91 Å². The number of benzene rings is 2. The number of amides is 1. The molecule has 0 saturated carbocycles. The predicted molar refractivity (Wildman–Crippen MR) is 93.6 cm³/mol. The highest BCUT2D eigenvalue weighted by molar-refractivity contribution is 7.89. The van der Waals surface area contributed by atoms with E-state index < -0.39 is 21.7 Å². The third kappa shape index (κ3) is 4.61. The van der Waals surface area contributed by atoms with Gasteiger partial charge in [0.15, 0.2) is 6.61 Å². The minimum absolute atomic E-state index is 0.109. The van der Waals surface area contributed by atoms with E-state index in [1.807, 2.05) is 0 Å². The number of nitrogens with zero attached hydrogens (tertiary/aromatic N) is 2. The number of sulfonamides is 1. The molecule has 2 aromatic carbocycles. The molecular weight excluding hydrogens is 378 g/mol. The first kappa shape index (κ1) is 19.2. The van der Waals surface area contributed by atoms with Gasteiger partial charge in [0.1, 0.15) is 17.4 Å². The van der Waals surface area contributed by atoms with Crippen LogP contribution in [-0.4, -0.2) is 56.3 Å². The van der Waals surface area contributed by atoms with E-state index in [0.717, 1.165) is 6.07 Å². The fourth-order valence-corrected chi connectivity index (χ4v) is 4.18. The Bertz CT molecular complexity index is 911. The molecule has 1 amide bonds. The first-order valence-electron chi connectivity index (χ1n) is 8.28. The molecule has 0 aromatic heterocycles. The maximum atomic E-state index is 13.3.